The van der Waals surface area contributed by atoms with Crippen molar-refractivity contribution in [2.75, 3.05) is 6.54 Å². The van der Waals surface area contributed by atoms with Crippen molar-refractivity contribution in [1.29, 1.82) is 0 Å². The molecule has 0 bridgehead atoms. The highest BCUT2D eigenvalue weighted by Gasteiger charge is 2.08. The van der Waals surface area contributed by atoms with Crippen molar-refractivity contribution in [2.24, 2.45) is 5.73 Å². The van der Waals surface area contributed by atoms with Crippen molar-refractivity contribution in [2.45, 2.75) is 13.3 Å². The first-order valence-electron chi connectivity index (χ1n) is 4.60. The predicted molar refractivity (Wildman–Crippen MR) is 64.3 cm³/mol. The van der Waals surface area contributed by atoms with E-state index in [0.29, 0.717) is 6.54 Å². The summed E-state index contributed by atoms with van der Waals surface area (Å²) in [6, 6.07) is 6.35. The van der Waals surface area contributed by atoms with E-state index >= 15 is 0 Å². The number of nitrogens with two attached hydrogens (primary N) is 1. The summed E-state index contributed by atoms with van der Waals surface area (Å²) in [6.07, 6.45) is 0.872. The first-order valence-corrected chi connectivity index (χ1v) is 5.79. The summed E-state index contributed by atoms with van der Waals surface area (Å²) >= 11 is 7.99. The quantitative estimate of drug-likeness (QED) is 0.834. The molecule has 0 radical (unpaired) electrons. The first kappa shape index (κ1) is 9.97. The van der Waals surface area contributed by atoms with Crippen LogP contribution in [0.2, 0.25) is 5.02 Å². The number of fused-ring (bicyclic) bond motifs is 1. The van der Waals surface area contributed by atoms with E-state index in [1.807, 2.05) is 0 Å². The molecule has 0 saturated carbocycles. The van der Waals surface area contributed by atoms with Crippen LogP contribution in [-0.2, 0) is 6.42 Å². The third kappa shape index (κ3) is 1.65. The van der Waals surface area contributed by atoms with Gasteiger partial charge in [-0.15, -0.1) is 11.3 Å². The van der Waals surface area contributed by atoms with Gasteiger partial charge in [0, 0.05) is 15.0 Å². The summed E-state index contributed by atoms with van der Waals surface area (Å²) in [7, 11) is 0. The molecule has 1 aromatic heterocycles. The van der Waals surface area contributed by atoms with Gasteiger partial charge in [0.2, 0.25) is 0 Å². The molecule has 0 aliphatic heterocycles. The van der Waals surface area contributed by atoms with Crippen molar-refractivity contribution in [3.63, 3.8) is 0 Å². The fourth-order valence-electron chi connectivity index (χ4n) is 1.51. The maximum atomic E-state index is 6.24. The summed E-state index contributed by atoms with van der Waals surface area (Å²) < 4.78 is 1.26. The van der Waals surface area contributed by atoms with Crippen LogP contribution < -0.4 is 5.73 Å². The molecule has 1 nitrogen and oxygen atoms in total. The van der Waals surface area contributed by atoms with Crippen LogP contribution in [0.5, 0.6) is 0 Å². The van der Waals surface area contributed by atoms with Crippen LogP contribution in [0, 0.1) is 6.92 Å². The lowest BCUT2D eigenvalue weighted by molar-refractivity contribution is 0.989. The van der Waals surface area contributed by atoms with Crippen LogP contribution in [0.3, 0.4) is 0 Å². The van der Waals surface area contributed by atoms with E-state index in [2.05, 4.69) is 25.1 Å². The van der Waals surface area contributed by atoms with E-state index in [-0.39, 0.29) is 0 Å². The molecule has 0 unspecified atom stereocenters. The maximum Gasteiger partial charge on any atom is 0.0624 e. The molecule has 0 aliphatic carbocycles. The Morgan fingerprint density at radius 3 is 2.93 bits per heavy atom. The average molecular weight is 226 g/mol. The molecule has 0 atom stereocenters. The number of halogens is 1. The van der Waals surface area contributed by atoms with Crippen LogP contribution in [0.1, 0.15) is 10.4 Å². The summed E-state index contributed by atoms with van der Waals surface area (Å²) in [5.41, 5.74) is 6.80. The molecule has 2 rings (SSSR count). The van der Waals surface area contributed by atoms with Gasteiger partial charge in [0.1, 0.15) is 0 Å². The second-order valence-corrected chi connectivity index (χ2v) is 4.89. The van der Waals surface area contributed by atoms with E-state index in [1.54, 1.807) is 11.3 Å². The van der Waals surface area contributed by atoms with Gasteiger partial charge in [-0.3, -0.25) is 0 Å². The number of rotatable bonds is 2. The molecule has 0 spiro atoms. The molecule has 0 amide bonds. The van der Waals surface area contributed by atoms with Crippen molar-refractivity contribution >= 4 is 33.0 Å². The Hall–Kier alpha value is -0.570. The lowest BCUT2D eigenvalue weighted by Crippen LogP contribution is -2.01. The van der Waals surface area contributed by atoms with Crippen LogP contribution in [0.25, 0.3) is 10.1 Å². The molecule has 0 saturated heterocycles. The minimum Gasteiger partial charge on any atom is -0.330 e. The van der Waals surface area contributed by atoms with Crippen molar-refractivity contribution < 1.29 is 0 Å². The standard InChI is InChI=1S/C11H12ClNS/c1-7-2-3-8-10(6-7)14-9(4-5-13)11(8)12/h2-3,6H,4-5,13H2,1H3. The number of thiophene rings is 1. The van der Waals surface area contributed by atoms with Gasteiger partial charge >= 0.3 is 0 Å². The minimum atomic E-state index is 0.658. The van der Waals surface area contributed by atoms with Crippen molar-refractivity contribution in [3.05, 3.63) is 33.7 Å². The maximum absolute atomic E-state index is 6.24. The second kappa shape index (κ2) is 3.89. The molecule has 1 aromatic carbocycles. The second-order valence-electron chi connectivity index (χ2n) is 3.38. The number of hydrogen-bond donors (Lipinski definition) is 1. The highest BCUT2D eigenvalue weighted by molar-refractivity contribution is 7.19. The lowest BCUT2D eigenvalue weighted by Gasteiger charge is -1.93. The highest BCUT2D eigenvalue weighted by Crippen LogP contribution is 2.35. The summed E-state index contributed by atoms with van der Waals surface area (Å²) in [4.78, 5) is 1.20. The molecule has 14 heavy (non-hydrogen) atoms. The SMILES string of the molecule is Cc1ccc2c(Cl)c(CCN)sc2c1. The summed E-state index contributed by atoms with van der Waals surface area (Å²) in [5, 5.41) is 2.04. The van der Waals surface area contributed by atoms with E-state index in [1.165, 1.54) is 15.1 Å². The van der Waals surface area contributed by atoms with Gasteiger partial charge in [-0.1, -0.05) is 23.7 Å². The monoisotopic (exact) mass is 225 g/mol. The van der Waals surface area contributed by atoms with Gasteiger partial charge in [-0.05, 0) is 31.5 Å². The number of hydrogen-bond acceptors (Lipinski definition) is 2. The van der Waals surface area contributed by atoms with Gasteiger partial charge in [0.05, 0.1) is 5.02 Å². The predicted octanol–water partition coefficient (Wildman–Crippen LogP) is 3.36. The molecule has 3 heteroatoms. The van der Waals surface area contributed by atoms with E-state index in [9.17, 15) is 0 Å². The van der Waals surface area contributed by atoms with Gasteiger partial charge in [0.25, 0.3) is 0 Å². The summed E-state index contributed by atoms with van der Waals surface area (Å²) in [6.45, 7) is 2.75. The Balaban J connectivity index is 2.61. The molecule has 74 valence electrons. The fraction of sp³-hybridized carbons (Fsp3) is 0.273. The zero-order chi connectivity index (χ0) is 10.1. The summed E-state index contributed by atoms with van der Waals surface area (Å²) in [5.74, 6) is 0. The lowest BCUT2D eigenvalue weighted by atomic mass is 10.2. The molecule has 0 fully saturated rings. The highest BCUT2D eigenvalue weighted by atomic mass is 35.5. The number of aryl methyl sites for hydroxylation is 1. The van der Waals surface area contributed by atoms with Gasteiger partial charge in [0.15, 0.2) is 0 Å². The molecular formula is C11H12ClNS. The van der Waals surface area contributed by atoms with Crippen molar-refractivity contribution in [3.8, 4) is 0 Å². The molecule has 1 heterocycles. The molecule has 2 N–H and O–H groups in total. The Bertz CT molecular complexity index is 462. The van der Waals surface area contributed by atoms with Crippen LogP contribution >= 0.6 is 22.9 Å². The largest absolute Gasteiger partial charge is 0.330 e. The fourth-order valence-corrected chi connectivity index (χ4v) is 3.16. The van der Waals surface area contributed by atoms with E-state index in [0.717, 1.165) is 16.8 Å². The molecular weight excluding hydrogens is 214 g/mol. The van der Waals surface area contributed by atoms with Crippen LogP contribution in [0.15, 0.2) is 18.2 Å². The Morgan fingerprint density at radius 1 is 1.43 bits per heavy atom. The zero-order valence-corrected chi connectivity index (χ0v) is 9.58. The van der Waals surface area contributed by atoms with Crippen LogP contribution in [-0.4, -0.2) is 6.54 Å². The van der Waals surface area contributed by atoms with Gasteiger partial charge in [-0.25, -0.2) is 0 Å². The Kier molecular flexibility index (Phi) is 2.77. The van der Waals surface area contributed by atoms with Crippen LogP contribution in [0.4, 0.5) is 0 Å². The molecule has 0 aliphatic rings. The Labute approximate surface area is 92.5 Å². The van der Waals surface area contributed by atoms with Crippen molar-refractivity contribution in [1.82, 2.24) is 0 Å². The smallest absolute Gasteiger partial charge is 0.0624 e. The van der Waals surface area contributed by atoms with E-state index in [4.69, 9.17) is 17.3 Å². The average Bonchev–Trinajstić information content (AvgIpc) is 2.44. The van der Waals surface area contributed by atoms with Gasteiger partial charge in [-0.2, -0.15) is 0 Å². The third-order valence-electron chi connectivity index (χ3n) is 2.22. The normalized spacial score (nSPS) is 11.1. The van der Waals surface area contributed by atoms with Gasteiger partial charge < -0.3 is 5.73 Å². The molecule has 2 aromatic rings. The number of benzene rings is 1. The topological polar surface area (TPSA) is 26.0 Å². The Morgan fingerprint density at radius 2 is 2.21 bits per heavy atom. The zero-order valence-electron chi connectivity index (χ0n) is 8.01. The third-order valence-corrected chi connectivity index (χ3v) is 3.98. The van der Waals surface area contributed by atoms with E-state index < -0.39 is 0 Å². The first-order chi connectivity index (χ1) is 6.72. The minimum absolute atomic E-state index is 0.658.